The fraction of sp³-hybridized carbons (Fsp3) is 0.957. The third-order valence-corrected chi connectivity index (χ3v) is 11.7. The van der Waals surface area contributed by atoms with E-state index in [-0.39, 0.29) is 18.0 Å². The molecule has 0 saturated carbocycles. The van der Waals surface area contributed by atoms with Crippen LogP contribution in [0.4, 0.5) is 0 Å². The van der Waals surface area contributed by atoms with Gasteiger partial charge in [-0.05, 0) is 83.7 Å². The maximum absolute atomic E-state index is 12.9. The number of rotatable bonds is 38. The van der Waals surface area contributed by atoms with Crippen molar-refractivity contribution in [1.82, 2.24) is 4.90 Å². The van der Waals surface area contributed by atoms with Crippen LogP contribution in [-0.2, 0) is 19.1 Å². The minimum atomic E-state index is -0.00273. The van der Waals surface area contributed by atoms with Gasteiger partial charge >= 0.3 is 11.9 Å². The van der Waals surface area contributed by atoms with Crippen LogP contribution in [-0.4, -0.2) is 48.2 Å². The van der Waals surface area contributed by atoms with E-state index in [1.807, 2.05) is 0 Å². The molecule has 51 heavy (non-hydrogen) atoms. The van der Waals surface area contributed by atoms with Crippen molar-refractivity contribution < 1.29 is 19.1 Å². The first-order valence-corrected chi connectivity index (χ1v) is 23.1. The molecule has 1 aliphatic heterocycles. The molecule has 1 rings (SSSR count). The fourth-order valence-corrected chi connectivity index (χ4v) is 8.46. The summed E-state index contributed by atoms with van der Waals surface area (Å²) < 4.78 is 11.7. The van der Waals surface area contributed by atoms with Gasteiger partial charge in [0.25, 0.3) is 0 Å². The number of nitrogens with zero attached hydrogens (tertiary/aromatic N) is 1. The number of carbonyl (C=O) groups excluding carboxylic acids is 2. The van der Waals surface area contributed by atoms with E-state index in [0.717, 1.165) is 51.5 Å². The Morgan fingerprint density at radius 2 is 0.961 bits per heavy atom. The molecule has 1 fully saturated rings. The molecule has 1 atom stereocenters. The SMILES string of the molecule is CCCCCCCCCCCOC(=O)CCCCC1(CCCCCCC(=O)OC(CCCCCCCC)CCCCCCCC)CCCN1CC. The van der Waals surface area contributed by atoms with Crippen LogP contribution >= 0.6 is 0 Å². The predicted octanol–water partition coefficient (Wildman–Crippen LogP) is 14.2. The standard InChI is InChI=1S/C46H89NO4/c1-5-9-12-15-18-19-20-25-32-42-50-44(48)36-29-31-39-46(40-33-41-47(46)8-4)38-30-24-23-28-37-45(49)51-43(34-26-21-16-13-10-6-2)35-27-22-17-14-11-7-3/h43H,5-42H2,1-4H3. The smallest absolute Gasteiger partial charge is 0.306 e. The molecule has 0 amide bonds. The van der Waals surface area contributed by atoms with Crippen LogP contribution in [0.15, 0.2) is 0 Å². The first kappa shape index (κ1) is 47.9. The first-order chi connectivity index (χ1) is 25.0. The minimum Gasteiger partial charge on any atom is -0.466 e. The van der Waals surface area contributed by atoms with Crippen LogP contribution in [0, 0.1) is 0 Å². The van der Waals surface area contributed by atoms with Gasteiger partial charge < -0.3 is 9.47 Å². The van der Waals surface area contributed by atoms with E-state index in [0.29, 0.717) is 25.0 Å². The molecule has 5 heteroatoms. The van der Waals surface area contributed by atoms with Gasteiger partial charge in [-0.2, -0.15) is 0 Å². The molecule has 1 unspecified atom stereocenters. The zero-order chi connectivity index (χ0) is 37.1. The summed E-state index contributed by atoms with van der Waals surface area (Å²) in [5.74, 6) is 0.0325. The summed E-state index contributed by atoms with van der Waals surface area (Å²) in [7, 11) is 0. The summed E-state index contributed by atoms with van der Waals surface area (Å²) in [6.07, 6.45) is 41.9. The molecule has 5 nitrogen and oxygen atoms in total. The molecule has 0 N–H and O–H groups in total. The van der Waals surface area contributed by atoms with Gasteiger partial charge in [0, 0.05) is 18.4 Å². The van der Waals surface area contributed by atoms with Crippen LogP contribution in [0.1, 0.15) is 252 Å². The number of esters is 2. The van der Waals surface area contributed by atoms with E-state index in [2.05, 4.69) is 32.6 Å². The second-order valence-corrected chi connectivity index (χ2v) is 16.3. The van der Waals surface area contributed by atoms with Crippen molar-refractivity contribution in [3.63, 3.8) is 0 Å². The Hall–Kier alpha value is -1.10. The monoisotopic (exact) mass is 720 g/mol. The maximum atomic E-state index is 12.9. The zero-order valence-corrected chi connectivity index (χ0v) is 35.0. The number of ether oxygens (including phenoxy) is 2. The molecular weight excluding hydrogens is 631 g/mol. The molecule has 1 aliphatic rings. The first-order valence-electron chi connectivity index (χ1n) is 23.1. The van der Waals surface area contributed by atoms with E-state index in [9.17, 15) is 9.59 Å². The topological polar surface area (TPSA) is 55.8 Å². The Bertz CT molecular complexity index is 771. The van der Waals surface area contributed by atoms with Crippen molar-refractivity contribution in [2.45, 2.75) is 264 Å². The molecule has 0 aromatic rings. The normalized spacial score (nSPS) is 16.3. The highest BCUT2D eigenvalue weighted by Gasteiger charge is 2.38. The van der Waals surface area contributed by atoms with Gasteiger partial charge in [-0.3, -0.25) is 14.5 Å². The average molecular weight is 720 g/mol. The fourth-order valence-electron chi connectivity index (χ4n) is 8.46. The summed E-state index contributed by atoms with van der Waals surface area (Å²) in [6.45, 7) is 12.0. The van der Waals surface area contributed by atoms with Crippen molar-refractivity contribution in [1.29, 1.82) is 0 Å². The Morgan fingerprint density at radius 1 is 0.529 bits per heavy atom. The molecule has 0 spiro atoms. The quantitative estimate of drug-likeness (QED) is 0.0470. The third-order valence-electron chi connectivity index (χ3n) is 11.7. The number of unbranched alkanes of at least 4 members (excludes halogenated alkanes) is 22. The molecule has 0 bridgehead atoms. The lowest BCUT2D eigenvalue weighted by Crippen LogP contribution is -2.43. The molecule has 0 aromatic heterocycles. The van der Waals surface area contributed by atoms with Crippen molar-refractivity contribution >= 4 is 11.9 Å². The summed E-state index contributed by atoms with van der Waals surface area (Å²) in [4.78, 5) is 28.0. The minimum absolute atomic E-state index is 0.00273. The molecule has 0 aliphatic carbocycles. The maximum Gasteiger partial charge on any atom is 0.306 e. The van der Waals surface area contributed by atoms with Crippen LogP contribution < -0.4 is 0 Å². The molecular formula is C46H89NO4. The highest BCUT2D eigenvalue weighted by molar-refractivity contribution is 5.69. The number of hydrogen-bond acceptors (Lipinski definition) is 5. The van der Waals surface area contributed by atoms with Gasteiger partial charge in [-0.1, -0.05) is 169 Å². The van der Waals surface area contributed by atoms with E-state index >= 15 is 0 Å². The zero-order valence-electron chi connectivity index (χ0n) is 35.0. The Kier molecular flexibility index (Phi) is 32.6. The van der Waals surface area contributed by atoms with Gasteiger partial charge in [-0.25, -0.2) is 0 Å². The van der Waals surface area contributed by atoms with Gasteiger partial charge in [0.15, 0.2) is 0 Å². The lowest BCUT2D eigenvalue weighted by atomic mass is 9.84. The Labute approximate surface area is 318 Å². The van der Waals surface area contributed by atoms with E-state index in [1.165, 1.54) is 173 Å². The predicted molar refractivity (Wildman–Crippen MR) is 219 cm³/mol. The molecule has 0 radical (unpaired) electrons. The lowest BCUT2D eigenvalue weighted by molar-refractivity contribution is -0.150. The largest absolute Gasteiger partial charge is 0.466 e. The van der Waals surface area contributed by atoms with Crippen molar-refractivity contribution in [2.75, 3.05) is 19.7 Å². The second kappa shape index (κ2) is 34.7. The third kappa shape index (κ3) is 26.3. The highest BCUT2D eigenvalue weighted by Crippen LogP contribution is 2.38. The van der Waals surface area contributed by atoms with Crippen LogP contribution in [0.5, 0.6) is 0 Å². The highest BCUT2D eigenvalue weighted by atomic mass is 16.5. The average Bonchev–Trinajstić information content (AvgIpc) is 3.54. The number of hydrogen-bond donors (Lipinski definition) is 0. The van der Waals surface area contributed by atoms with Gasteiger partial charge in [0.2, 0.25) is 0 Å². The van der Waals surface area contributed by atoms with Gasteiger partial charge in [-0.15, -0.1) is 0 Å². The number of likely N-dealkylation sites (tertiary alicyclic amines) is 1. The Morgan fingerprint density at radius 3 is 1.51 bits per heavy atom. The van der Waals surface area contributed by atoms with Gasteiger partial charge in [0.05, 0.1) is 6.61 Å². The van der Waals surface area contributed by atoms with E-state index < -0.39 is 0 Å². The van der Waals surface area contributed by atoms with Crippen molar-refractivity contribution in [2.24, 2.45) is 0 Å². The van der Waals surface area contributed by atoms with Crippen LogP contribution in [0.2, 0.25) is 0 Å². The van der Waals surface area contributed by atoms with Gasteiger partial charge in [0.1, 0.15) is 6.10 Å². The summed E-state index contributed by atoms with van der Waals surface area (Å²) in [5, 5.41) is 0. The van der Waals surface area contributed by atoms with E-state index in [1.54, 1.807) is 0 Å². The van der Waals surface area contributed by atoms with Crippen LogP contribution in [0.25, 0.3) is 0 Å². The molecule has 302 valence electrons. The van der Waals surface area contributed by atoms with Crippen molar-refractivity contribution in [3.8, 4) is 0 Å². The van der Waals surface area contributed by atoms with E-state index in [4.69, 9.17) is 9.47 Å². The summed E-state index contributed by atoms with van der Waals surface area (Å²) >= 11 is 0. The summed E-state index contributed by atoms with van der Waals surface area (Å²) in [6, 6.07) is 0. The summed E-state index contributed by atoms with van der Waals surface area (Å²) in [5.41, 5.74) is 0.300. The number of carbonyl (C=O) groups is 2. The second-order valence-electron chi connectivity index (χ2n) is 16.3. The molecule has 1 saturated heterocycles. The lowest BCUT2D eigenvalue weighted by Gasteiger charge is -2.39. The van der Waals surface area contributed by atoms with Crippen molar-refractivity contribution in [3.05, 3.63) is 0 Å². The Balaban J connectivity index is 2.28. The molecule has 1 heterocycles. The molecule has 0 aromatic carbocycles. The van der Waals surface area contributed by atoms with Crippen LogP contribution in [0.3, 0.4) is 0 Å².